The molecule has 3 heterocycles. The van der Waals surface area contributed by atoms with Crippen LogP contribution >= 0.6 is 11.3 Å². The van der Waals surface area contributed by atoms with Crippen LogP contribution in [0, 0.1) is 16.7 Å². The Morgan fingerprint density at radius 3 is 2.12 bits per heavy atom. The molecule has 21 heteroatoms. The van der Waals surface area contributed by atoms with Crippen LogP contribution in [0.3, 0.4) is 0 Å². The number of ketones is 2. The van der Waals surface area contributed by atoms with Crippen LogP contribution in [0.4, 0.5) is 4.79 Å². The smallest absolute Gasteiger partial charge is 0.415 e. The van der Waals surface area contributed by atoms with Gasteiger partial charge in [0.05, 0.1) is 42.2 Å². The van der Waals surface area contributed by atoms with Gasteiger partial charge >= 0.3 is 12.1 Å². The third-order valence-electron chi connectivity index (χ3n) is 13.6. The Kier molecular flexibility index (Phi) is 16.2. The number of nitrogens with zero attached hydrogens (tertiary/aromatic N) is 4. The number of carbonyl (C=O) groups is 7. The molecule has 0 bridgehead atoms. The number of rotatable bonds is 20. The molecular formula is C56H56N6O14S. The van der Waals surface area contributed by atoms with Crippen LogP contribution in [-0.4, -0.2) is 133 Å². The Morgan fingerprint density at radius 1 is 0.779 bits per heavy atom. The number of allylic oxidation sites excluding steroid dienone is 4. The number of ether oxygens (including phenoxy) is 5. The third kappa shape index (κ3) is 11.5. The fraction of sp³-hybridized carbons (Fsp3) is 0.339. The van der Waals surface area contributed by atoms with Crippen molar-refractivity contribution in [3.63, 3.8) is 0 Å². The molecule has 4 amide bonds. The Balaban J connectivity index is 0.773. The average molecular weight is 1070 g/mol. The van der Waals surface area contributed by atoms with E-state index < -0.39 is 29.0 Å². The first-order valence-corrected chi connectivity index (χ1v) is 25.5. The van der Waals surface area contributed by atoms with Gasteiger partial charge in [0.15, 0.2) is 22.2 Å². The SMILES string of the molecule is CC1=C(C)C(=O)C(C(C)(C)CC(=O)N(C)CCN(CCOCCOCCC(=O)NCCNC(=O)c2ccc3c(c2)C(=O)OC32c3ccc(O)cc3Oc3cc(O)ccc32)C(=O)Oc2ccc3nc(C#N)sc3c2)=C(C)C1=O. The standard InChI is InChI=1S/C56H56N6O14S/c1-31-32(2)51(68)49(33(3)50(31)67)55(4,5)29-48(66)61(6)18-19-62(54(71)74-37-10-14-42-45(28-37)77-47(30-57)60-42)20-22-73-24-23-72-21-15-46(65)58-16-17-59-52(69)34-7-11-39-38(25-34)53(70)76-56(39)40-12-8-35(63)26-43(40)75-44-27-36(64)9-13-41(44)56/h7-14,25-28,63-64H,15-24,29H2,1-6H3,(H,58,65)(H,59,69). The average Bonchev–Trinajstić information content (AvgIpc) is 4.12. The highest BCUT2D eigenvalue weighted by molar-refractivity contribution is 7.19. The summed E-state index contributed by atoms with van der Waals surface area (Å²) in [5.41, 5.74) is 1.22. The van der Waals surface area contributed by atoms with Crippen LogP contribution in [-0.2, 0) is 39.0 Å². The van der Waals surface area contributed by atoms with Gasteiger partial charge in [0, 0.05) is 121 Å². The Bertz CT molecular complexity index is 3300. The van der Waals surface area contributed by atoms with E-state index in [0.717, 1.165) is 11.3 Å². The maximum Gasteiger partial charge on any atom is 0.415 e. The number of hydrogen-bond acceptors (Lipinski definition) is 17. The number of benzene rings is 4. The van der Waals surface area contributed by atoms with Crippen molar-refractivity contribution in [2.24, 2.45) is 5.41 Å². The lowest BCUT2D eigenvalue weighted by Crippen LogP contribution is -2.43. The molecule has 8 rings (SSSR count). The summed E-state index contributed by atoms with van der Waals surface area (Å²) in [6.07, 6.45) is -0.757. The second-order valence-corrected chi connectivity index (χ2v) is 20.3. The largest absolute Gasteiger partial charge is 0.508 e. The molecular weight excluding hydrogens is 1010 g/mol. The summed E-state index contributed by atoms with van der Waals surface area (Å²) in [6.45, 7) is 9.16. The highest BCUT2D eigenvalue weighted by atomic mass is 32.1. The van der Waals surface area contributed by atoms with Gasteiger partial charge in [-0.05, 0) is 69.3 Å². The number of hydrogen-bond donors (Lipinski definition) is 4. The van der Waals surface area contributed by atoms with Crippen molar-refractivity contribution in [1.82, 2.24) is 25.4 Å². The molecule has 0 saturated carbocycles. The molecule has 2 aliphatic heterocycles. The quantitative estimate of drug-likeness (QED) is 0.0363. The first kappa shape index (κ1) is 54.8. The maximum atomic E-state index is 13.6. The van der Waals surface area contributed by atoms with Crippen LogP contribution in [0.15, 0.2) is 95.1 Å². The molecule has 5 aromatic rings. The minimum Gasteiger partial charge on any atom is -0.508 e. The number of phenolic OH excluding ortho intramolecular Hbond substituents is 2. The number of esters is 1. The summed E-state index contributed by atoms with van der Waals surface area (Å²) in [4.78, 5) is 99.7. The Labute approximate surface area is 446 Å². The number of thiazole rings is 1. The van der Waals surface area contributed by atoms with Crippen molar-refractivity contribution in [2.75, 3.05) is 66.2 Å². The predicted molar refractivity (Wildman–Crippen MR) is 279 cm³/mol. The predicted octanol–water partition coefficient (Wildman–Crippen LogP) is 6.60. The van der Waals surface area contributed by atoms with Crippen molar-refractivity contribution in [2.45, 2.75) is 53.1 Å². The number of amides is 4. The normalized spacial score (nSPS) is 14.3. The Hall–Kier alpha value is -8.45. The van der Waals surface area contributed by atoms with Gasteiger partial charge in [0.1, 0.15) is 34.8 Å². The Morgan fingerprint density at radius 2 is 1.43 bits per heavy atom. The van der Waals surface area contributed by atoms with Gasteiger partial charge in [-0.3, -0.25) is 24.0 Å². The van der Waals surface area contributed by atoms with Crippen molar-refractivity contribution in [1.29, 1.82) is 5.26 Å². The summed E-state index contributed by atoms with van der Waals surface area (Å²) in [7, 11) is 1.59. The second kappa shape index (κ2) is 22.8. The lowest BCUT2D eigenvalue weighted by molar-refractivity contribution is -0.132. The monoisotopic (exact) mass is 1070 g/mol. The molecule has 0 fully saturated rings. The molecule has 0 radical (unpaired) electrons. The number of Topliss-reactive ketones (excluding diaryl/α,β-unsaturated/α-hetero) is 2. The number of carbonyl (C=O) groups excluding carboxylic acids is 7. The van der Waals surface area contributed by atoms with Crippen molar-refractivity contribution >= 4 is 62.9 Å². The lowest BCUT2D eigenvalue weighted by atomic mass is 9.71. The molecule has 77 heavy (non-hydrogen) atoms. The van der Waals surface area contributed by atoms with Crippen LogP contribution in [0.25, 0.3) is 10.2 Å². The van der Waals surface area contributed by atoms with Gasteiger partial charge in [-0.2, -0.15) is 5.26 Å². The summed E-state index contributed by atoms with van der Waals surface area (Å²) in [5.74, 6) is -1.74. The van der Waals surface area contributed by atoms with Gasteiger partial charge in [-0.1, -0.05) is 19.9 Å². The van der Waals surface area contributed by atoms with E-state index in [1.54, 1.807) is 84.1 Å². The molecule has 1 aliphatic carbocycles. The first-order chi connectivity index (χ1) is 36.7. The number of nitriles is 1. The van der Waals surface area contributed by atoms with Gasteiger partial charge in [0.2, 0.25) is 11.8 Å². The van der Waals surface area contributed by atoms with E-state index in [1.807, 2.05) is 6.07 Å². The van der Waals surface area contributed by atoms with Gasteiger partial charge in [0.25, 0.3) is 5.91 Å². The van der Waals surface area contributed by atoms with Crippen molar-refractivity contribution < 1.29 is 67.5 Å². The zero-order chi connectivity index (χ0) is 55.3. The molecule has 400 valence electrons. The molecule has 0 unspecified atom stereocenters. The summed E-state index contributed by atoms with van der Waals surface area (Å²) in [5, 5.41) is 35.4. The van der Waals surface area contributed by atoms with E-state index in [0.29, 0.717) is 49.2 Å². The first-order valence-electron chi connectivity index (χ1n) is 24.6. The van der Waals surface area contributed by atoms with E-state index in [4.69, 9.17) is 23.7 Å². The number of likely N-dealkylation sites (N-methyl/N-ethyl adjacent to an activating group) is 1. The van der Waals surface area contributed by atoms with E-state index in [9.17, 15) is 49.0 Å². The number of aromatic hydroxyl groups is 2. The molecule has 0 atom stereocenters. The van der Waals surface area contributed by atoms with E-state index in [-0.39, 0.29) is 140 Å². The zero-order valence-electron chi connectivity index (χ0n) is 43.2. The number of fused-ring (bicyclic) bond motifs is 7. The van der Waals surface area contributed by atoms with E-state index in [1.165, 1.54) is 40.1 Å². The van der Waals surface area contributed by atoms with Crippen molar-refractivity contribution in [3.05, 3.63) is 128 Å². The van der Waals surface area contributed by atoms with Crippen LogP contribution in [0.5, 0.6) is 28.7 Å². The molecule has 0 saturated heterocycles. The van der Waals surface area contributed by atoms with Gasteiger partial charge in [-0.25, -0.2) is 14.6 Å². The molecule has 4 N–H and O–H groups in total. The number of aromatic nitrogens is 1. The van der Waals surface area contributed by atoms with Gasteiger partial charge < -0.3 is 54.3 Å². The number of phenols is 2. The summed E-state index contributed by atoms with van der Waals surface area (Å²) < 4.78 is 29.8. The van der Waals surface area contributed by atoms with E-state index >= 15 is 0 Å². The third-order valence-corrected chi connectivity index (χ3v) is 14.5. The molecule has 3 aliphatic rings. The highest BCUT2D eigenvalue weighted by Crippen LogP contribution is 2.57. The van der Waals surface area contributed by atoms with Crippen LogP contribution in [0.2, 0.25) is 0 Å². The second-order valence-electron chi connectivity index (χ2n) is 19.3. The summed E-state index contributed by atoms with van der Waals surface area (Å²) >= 11 is 1.16. The molecule has 4 aromatic carbocycles. The van der Waals surface area contributed by atoms with E-state index in [2.05, 4.69) is 15.6 Å². The number of nitrogens with one attached hydrogen (secondary N) is 2. The maximum absolute atomic E-state index is 13.6. The van der Waals surface area contributed by atoms with Crippen molar-refractivity contribution in [3.8, 4) is 34.8 Å². The minimum absolute atomic E-state index is 0.0232. The fourth-order valence-electron chi connectivity index (χ4n) is 9.46. The minimum atomic E-state index is -1.47. The highest BCUT2D eigenvalue weighted by Gasteiger charge is 2.54. The topological polar surface area (TPSA) is 273 Å². The lowest BCUT2D eigenvalue weighted by Gasteiger charge is -2.36. The molecule has 20 nitrogen and oxygen atoms in total. The zero-order valence-corrected chi connectivity index (χ0v) is 44.0. The molecule has 1 aromatic heterocycles. The molecule has 1 spiro atoms. The summed E-state index contributed by atoms with van der Waals surface area (Å²) in [6, 6.07) is 20.3. The van der Waals surface area contributed by atoms with Gasteiger partial charge in [-0.15, -0.1) is 11.3 Å². The van der Waals surface area contributed by atoms with Crippen LogP contribution in [0.1, 0.15) is 89.9 Å². The van der Waals surface area contributed by atoms with Crippen LogP contribution < -0.4 is 20.1 Å². The fourth-order valence-corrected chi connectivity index (χ4v) is 10.2.